The van der Waals surface area contributed by atoms with E-state index in [-0.39, 0.29) is 4.90 Å². The number of aryl methyl sites for hydroxylation is 2. The monoisotopic (exact) mass is 561 g/mol. The first-order valence-electron chi connectivity index (χ1n) is 12.2. The molecule has 1 N–H and O–H groups in total. The molecule has 1 amide bonds. The van der Waals surface area contributed by atoms with Gasteiger partial charge in [-0.1, -0.05) is 59.1 Å². The summed E-state index contributed by atoms with van der Waals surface area (Å²) in [7, 11) is -3.99. The molecule has 0 radical (unpaired) electrons. The van der Waals surface area contributed by atoms with Crippen molar-refractivity contribution in [1.82, 2.24) is 5.43 Å². The van der Waals surface area contributed by atoms with Crippen molar-refractivity contribution < 1.29 is 17.9 Å². The van der Waals surface area contributed by atoms with Gasteiger partial charge in [0.25, 0.3) is 15.9 Å². The van der Waals surface area contributed by atoms with Crippen molar-refractivity contribution in [2.24, 2.45) is 5.10 Å². The van der Waals surface area contributed by atoms with E-state index in [1.54, 1.807) is 66.7 Å². The molecule has 0 fully saturated rings. The standard InChI is InChI=1S/C30H28ClN3O4S/c1-22-6-12-27(13-7-22)34(39(36,37)29-16-8-23(2)9-17-29)20-30(35)33-32-19-24-10-14-28(15-11-24)38-21-25-4-3-5-26(31)18-25/h3-19H,20-21H2,1-2H3,(H,33,35)/b32-19-. The van der Waals surface area contributed by atoms with Gasteiger partial charge >= 0.3 is 0 Å². The number of hydrazone groups is 1. The fraction of sp³-hybridized carbons (Fsp3) is 0.133. The first-order valence-corrected chi connectivity index (χ1v) is 14.0. The fourth-order valence-corrected chi connectivity index (χ4v) is 5.29. The Morgan fingerprint density at radius 3 is 2.21 bits per heavy atom. The molecule has 7 nitrogen and oxygen atoms in total. The summed E-state index contributed by atoms with van der Waals surface area (Å²) in [6.07, 6.45) is 1.48. The molecule has 0 aromatic heterocycles. The van der Waals surface area contributed by atoms with Gasteiger partial charge in [0.05, 0.1) is 16.8 Å². The molecule has 0 aliphatic carbocycles. The van der Waals surface area contributed by atoms with Gasteiger partial charge in [-0.15, -0.1) is 0 Å². The number of hydrogen-bond acceptors (Lipinski definition) is 5. The molecule has 0 heterocycles. The lowest BCUT2D eigenvalue weighted by Gasteiger charge is -2.24. The van der Waals surface area contributed by atoms with E-state index in [2.05, 4.69) is 10.5 Å². The van der Waals surface area contributed by atoms with E-state index < -0.39 is 22.5 Å². The predicted octanol–water partition coefficient (Wildman–Crippen LogP) is 5.88. The number of nitrogens with zero attached hydrogens (tertiary/aromatic N) is 2. The maximum absolute atomic E-state index is 13.4. The van der Waals surface area contributed by atoms with Crippen LogP contribution in [-0.4, -0.2) is 27.1 Å². The number of anilines is 1. The van der Waals surface area contributed by atoms with Crippen LogP contribution in [0.25, 0.3) is 0 Å². The number of ether oxygens (including phenoxy) is 1. The van der Waals surface area contributed by atoms with Gasteiger partial charge in [-0.3, -0.25) is 9.10 Å². The van der Waals surface area contributed by atoms with Gasteiger partial charge in [0.1, 0.15) is 18.9 Å². The third kappa shape index (κ3) is 7.69. The highest BCUT2D eigenvalue weighted by molar-refractivity contribution is 7.92. The molecule has 0 aliphatic rings. The Hall–Kier alpha value is -4.14. The summed E-state index contributed by atoms with van der Waals surface area (Å²) in [5.74, 6) is 0.0928. The van der Waals surface area contributed by atoms with Crippen LogP contribution in [0.5, 0.6) is 5.75 Å². The van der Waals surface area contributed by atoms with E-state index in [4.69, 9.17) is 16.3 Å². The molecule has 0 spiro atoms. The van der Waals surface area contributed by atoms with Crippen molar-refractivity contribution in [2.45, 2.75) is 25.3 Å². The Balaban J connectivity index is 1.40. The number of amides is 1. The second kappa shape index (κ2) is 12.6. The van der Waals surface area contributed by atoms with Crippen LogP contribution in [0.1, 0.15) is 22.3 Å². The lowest BCUT2D eigenvalue weighted by molar-refractivity contribution is -0.119. The van der Waals surface area contributed by atoms with E-state index in [1.807, 2.05) is 32.0 Å². The molecular weight excluding hydrogens is 534 g/mol. The number of rotatable bonds is 10. The summed E-state index contributed by atoms with van der Waals surface area (Å²) in [6.45, 7) is 3.73. The molecule has 39 heavy (non-hydrogen) atoms. The summed E-state index contributed by atoms with van der Waals surface area (Å²) in [5, 5.41) is 4.65. The van der Waals surface area contributed by atoms with E-state index in [0.717, 1.165) is 26.6 Å². The zero-order valence-corrected chi connectivity index (χ0v) is 23.1. The Kier molecular flexibility index (Phi) is 9.01. The fourth-order valence-electron chi connectivity index (χ4n) is 3.65. The molecule has 4 aromatic carbocycles. The Bertz CT molecular complexity index is 1550. The molecule has 4 aromatic rings. The number of hydrogen-bond donors (Lipinski definition) is 1. The normalized spacial score (nSPS) is 11.4. The van der Waals surface area contributed by atoms with Crippen LogP contribution in [0.3, 0.4) is 0 Å². The SMILES string of the molecule is Cc1ccc(N(CC(=O)N/N=C\c2ccc(OCc3cccc(Cl)c3)cc2)S(=O)(=O)c2ccc(C)cc2)cc1. The molecular formula is C30H28ClN3O4S. The third-order valence-corrected chi connectivity index (χ3v) is 7.82. The average Bonchev–Trinajstić information content (AvgIpc) is 2.92. The zero-order chi connectivity index (χ0) is 27.8. The maximum atomic E-state index is 13.4. The van der Waals surface area contributed by atoms with Crippen molar-refractivity contribution in [3.8, 4) is 5.75 Å². The lowest BCUT2D eigenvalue weighted by atomic mass is 10.2. The first-order chi connectivity index (χ1) is 18.7. The van der Waals surface area contributed by atoms with Crippen LogP contribution in [-0.2, 0) is 21.4 Å². The van der Waals surface area contributed by atoms with Crippen molar-refractivity contribution in [2.75, 3.05) is 10.8 Å². The second-order valence-corrected chi connectivity index (χ2v) is 11.2. The number of carbonyl (C=O) groups is 1. The highest BCUT2D eigenvalue weighted by Crippen LogP contribution is 2.24. The minimum atomic E-state index is -3.99. The Morgan fingerprint density at radius 2 is 1.56 bits per heavy atom. The van der Waals surface area contributed by atoms with E-state index in [1.165, 1.54) is 18.3 Å². The van der Waals surface area contributed by atoms with Crippen LogP contribution in [0.2, 0.25) is 5.02 Å². The summed E-state index contributed by atoms with van der Waals surface area (Å²) in [5.41, 5.74) is 6.40. The molecule has 4 rings (SSSR count). The predicted molar refractivity (Wildman–Crippen MR) is 155 cm³/mol. The topological polar surface area (TPSA) is 88.1 Å². The van der Waals surface area contributed by atoms with Gasteiger partial charge in [0, 0.05) is 5.02 Å². The molecule has 0 saturated carbocycles. The van der Waals surface area contributed by atoms with Gasteiger partial charge in [0.15, 0.2) is 0 Å². The van der Waals surface area contributed by atoms with Gasteiger partial charge in [-0.2, -0.15) is 5.10 Å². The van der Waals surface area contributed by atoms with Gasteiger partial charge < -0.3 is 4.74 Å². The smallest absolute Gasteiger partial charge is 0.264 e. The number of halogens is 1. The number of nitrogens with one attached hydrogen (secondary N) is 1. The molecule has 0 unspecified atom stereocenters. The van der Waals surface area contributed by atoms with Gasteiger partial charge in [-0.05, 0) is 85.6 Å². The van der Waals surface area contributed by atoms with Crippen LogP contribution in [0.15, 0.2) is 107 Å². The van der Waals surface area contributed by atoms with Gasteiger partial charge in [-0.25, -0.2) is 13.8 Å². The first kappa shape index (κ1) is 27.9. The molecule has 0 atom stereocenters. The average molecular weight is 562 g/mol. The van der Waals surface area contributed by atoms with E-state index >= 15 is 0 Å². The summed E-state index contributed by atoms with van der Waals surface area (Å²) in [4.78, 5) is 12.9. The number of sulfonamides is 1. The lowest BCUT2D eigenvalue weighted by Crippen LogP contribution is -2.39. The minimum Gasteiger partial charge on any atom is -0.489 e. The van der Waals surface area contributed by atoms with Gasteiger partial charge in [0.2, 0.25) is 0 Å². The zero-order valence-electron chi connectivity index (χ0n) is 21.5. The third-order valence-electron chi connectivity index (χ3n) is 5.80. The van der Waals surface area contributed by atoms with E-state index in [9.17, 15) is 13.2 Å². The largest absolute Gasteiger partial charge is 0.489 e. The Labute approximate surface area is 233 Å². The summed E-state index contributed by atoms with van der Waals surface area (Å²) >= 11 is 6.01. The molecule has 0 saturated heterocycles. The molecule has 200 valence electrons. The van der Waals surface area contributed by atoms with Crippen LogP contribution in [0, 0.1) is 13.8 Å². The number of benzene rings is 4. The summed E-state index contributed by atoms with van der Waals surface area (Å²) in [6, 6.07) is 28.1. The van der Waals surface area contributed by atoms with Crippen molar-refractivity contribution in [3.05, 3.63) is 124 Å². The van der Waals surface area contributed by atoms with E-state index in [0.29, 0.717) is 23.1 Å². The van der Waals surface area contributed by atoms with Crippen LogP contribution >= 0.6 is 11.6 Å². The van der Waals surface area contributed by atoms with Crippen LogP contribution < -0.4 is 14.5 Å². The highest BCUT2D eigenvalue weighted by Gasteiger charge is 2.27. The highest BCUT2D eigenvalue weighted by atomic mass is 35.5. The maximum Gasteiger partial charge on any atom is 0.264 e. The van der Waals surface area contributed by atoms with Crippen molar-refractivity contribution in [3.63, 3.8) is 0 Å². The van der Waals surface area contributed by atoms with Crippen molar-refractivity contribution >= 4 is 39.4 Å². The van der Waals surface area contributed by atoms with Crippen molar-refractivity contribution in [1.29, 1.82) is 0 Å². The summed E-state index contributed by atoms with van der Waals surface area (Å²) < 4.78 is 33.7. The minimum absolute atomic E-state index is 0.0997. The molecule has 0 bridgehead atoms. The Morgan fingerprint density at radius 1 is 0.923 bits per heavy atom. The number of carbonyl (C=O) groups excluding carboxylic acids is 1. The molecule has 0 aliphatic heterocycles. The quantitative estimate of drug-likeness (QED) is 0.193. The molecule has 9 heteroatoms. The second-order valence-electron chi connectivity index (χ2n) is 8.94. The van der Waals surface area contributed by atoms with Crippen LogP contribution in [0.4, 0.5) is 5.69 Å².